The second kappa shape index (κ2) is 14.5. The van der Waals surface area contributed by atoms with Gasteiger partial charge in [0.25, 0.3) is 5.91 Å². The zero-order valence-electron chi connectivity index (χ0n) is 24.7. The van der Waals surface area contributed by atoms with Crippen LogP contribution in [0.15, 0.2) is 46.9 Å². The molecule has 0 radical (unpaired) electrons. The van der Waals surface area contributed by atoms with Crippen LogP contribution in [0.3, 0.4) is 0 Å². The first-order valence-electron chi connectivity index (χ1n) is 15.2. The number of amides is 1. The molecule has 1 atom stereocenters. The fourth-order valence-corrected chi connectivity index (χ4v) is 5.74. The Hall–Kier alpha value is -3.89. The van der Waals surface area contributed by atoms with Gasteiger partial charge in [-0.3, -0.25) is 9.59 Å². The molecule has 2 fully saturated rings. The lowest BCUT2D eigenvalue weighted by Crippen LogP contribution is -2.39. The summed E-state index contributed by atoms with van der Waals surface area (Å²) in [6, 6.07) is 13.3. The Kier molecular flexibility index (Phi) is 10.3. The van der Waals surface area contributed by atoms with E-state index in [0.29, 0.717) is 35.8 Å². The van der Waals surface area contributed by atoms with E-state index >= 15 is 0 Å². The van der Waals surface area contributed by atoms with Gasteiger partial charge in [-0.2, -0.15) is 0 Å². The van der Waals surface area contributed by atoms with Gasteiger partial charge in [0, 0.05) is 43.2 Å². The molecule has 43 heavy (non-hydrogen) atoms. The molecule has 10 nitrogen and oxygen atoms in total. The Morgan fingerprint density at radius 2 is 1.81 bits per heavy atom. The predicted molar refractivity (Wildman–Crippen MR) is 161 cm³/mol. The van der Waals surface area contributed by atoms with Crippen molar-refractivity contribution in [2.75, 3.05) is 37.8 Å². The Bertz CT molecular complexity index is 1380. The maximum atomic E-state index is 12.9. The molecule has 10 heteroatoms. The minimum Gasteiger partial charge on any atom is -0.493 e. The summed E-state index contributed by atoms with van der Waals surface area (Å²) in [7, 11) is 0. The molecule has 1 saturated heterocycles. The zero-order chi connectivity index (χ0) is 30.2. The number of carboxylic acids is 1. The molecule has 230 valence electrons. The number of ether oxygens (including phenoxy) is 2. The van der Waals surface area contributed by atoms with E-state index < -0.39 is 18.0 Å². The van der Waals surface area contributed by atoms with E-state index in [2.05, 4.69) is 22.3 Å². The standard InChI is InChI=1S/C33H41N3O7/c1-22-29(35-33(43-22)24-7-11-26(12-8-24)36-16-19-41-20-17-36)15-18-42-27-13-9-23(10-14-30(37)38)28(21-27)31(39)32(40)34-25-5-3-2-4-6-25/h7-9,11-13,21,25,31,39H,2-6,10,14-20H2,1H3,(H,34,40)(H,37,38). The number of carbonyl (C=O) groups excluding carboxylic acids is 1. The Morgan fingerprint density at radius 3 is 2.53 bits per heavy atom. The van der Waals surface area contributed by atoms with E-state index in [1.165, 1.54) is 0 Å². The highest BCUT2D eigenvalue weighted by atomic mass is 16.5. The first kappa shape index (κ1) is 30.6. The number of carboxylic acid groups (broad SMARTS) is 1. The number of aromatic nitrogens is 1. The average molecular weight is 592 g/mol. The highest BCUT2D eigenvalue weighted by Crippen LogP contribution is 2.28. The molecule has 2 aliphatic rings. The molecular weight excluding hydrogens is 550 g/mol. The van der Waals surface area contributed by atoms with Crippen molar-refractivity contribution in [3.8, 4) is 17.2 Å². The van der Waals surface area contributed by atoms with Gasteiger partial charge in [0.15, 0.2) is 6.10 Å². The number of carbonyl (C=O) groups is 2. The first-order chi connectivity index (χ1) is 20.9. The SMILES string of the molecule is Cc1oc(-c2ccc(N3CCOCC3)cc2)nc1CCOc1ccc(CCC(=O)O)c(C(O)C(=O)NC2CCCCC2)c1. The molecule has 0 spiro atoms. The van der Waals surface area contributed by atoms with Gasteiger partial charge in [-0.25, -0.2) is 4.98 Å². The minimum atomic E-state index is -1.41. The highest BCUT2D eigenvalue weighted by molar-refractivity contribution is 5.83. The van der Waals surface area contributed by atoms with E-state index in [0.717, 1.165) is 81.1 Å². The third-order valence-corrected chi connectivity index (χ3v) is 8.21. The van der Waals surface area contributed by atoms with Crippen molar-refractivity contribution in [1.82, 2.24) is 10.3 Å². The summed E-state index contributed by atoms with van der Waals surface area (Å²) in [5.74, 6) is 0.347. The number of morpholine rings is 1. The Balaban J connectivity index is 1.22. The van der Waals surface area contributed by atoms with Crippen LogP contribution in [0.5, 0.6) is 5.75 Å². The Labute approximate surface area is 252 Å². The molecule has 1 unspecified atom stereocenters. The molecule has 2 aromatic carbocycles. The number of hydrogen-bond donors (Lipinski definition) is 3. The summed E-state index contributed by atoms with van der Waals surface area (Å²) in [4.78, 5) is 31.1. The Morgan fingerprint density at radius 1 is 1.07 bits per heavy atom. The number of aliphatic carboxylic acids is 1. The van der Waals surface area contributed by atoms with Crippen LogP contribution in [0.25, 0.3) is 11.5 Å². The lowest BCUT2D eigenvalue weighted by molar-refractivity contribution is -0.137. The number of nitrogens with one attached hydrogen (secondary N) is 1. The van der Waals surface area contributed by atoms with Gasteiger partial charge in [-0.1, -0.05) is 25.3 Å². The molecule has 2 heterocycles. The van der Waals surface area contributed by atoms with Gasteiger partial charge in [0.2, 0.25) is 5.89 Å². The zero-order valence-corrected chi connectivity index (χ0v) is 24.7. The van der Waals surface area contributed by atoms with E-state index in [-0.39, 0.29) is 18.9 Å². The molecule has 5 rings (SSSR count). The molecule has 1 aromatic heterocycles. The third kappa shape index (κ3) is 8.14. The summed E-state index contributed by atoms with van der Waals surface area (Å²) in [5, 5.41) is 23.1. The van der Waals surface area contributed by atoms with Gasteiger partial charge in [0.05, 0.1) is 25.5 Å². The van der Waals surface area contributed by atoms with Crippen molar-refractivity contribution in [1.29, 1.82) is 0 Å². The van der Waals surface area contributed by atoms with Crippen LogP contribution < -0.4 is 15.0 Å². The number of rotatable bonds is 12. The molecule has 3 N–H and O–H groups in total. The lowest BCUT2D eigenvalue weighted by atomic mass is 9.94. The number of oxazole rings is 1. The van der Waals surface area contributed by atoms with Crippen molar-refractivity contribution >= 4 is 17.6 Å². The molecule has 1 aliphatic carbocycles. The highest BCUT2D eigenvalue weighted by Gasteiger charge is 2.25. The number of hydrogen-bond acceptors (Lipinski definition) is 8. The molecule has 1 amide bonds. The van der Waals surface area contributed by atoms with Crippen LogP contribution in [-0.4, -0.2) is 66.0 Å². The summed E-state index contributed by atoms with van der Waals surface area (Å²) >= 11 is 0. The summed E-state index contributed by atoms with van der Waals surface area (Å²) < 4.78 is 17.4. The lowest BCUT2D eigenvalue weighted by Gasteiger charge is -2.28. The fraction of sp³-hybridized carbons (Fsp3) is 0.485. The van der Waals surface area contributed by atoms with Crippen molar-refractivity contribution < 1.29 is 33.7 Å². The maximum Gasteiger partial charge on any atom is 0.303 e. The average Bonchev–Trinajstić information content (AvgIpc) is 3.40. The van der Waals surface area contributed by atoms with Gasteiger partial charge in [0.1, 0.15) is 11.5 Å². The number of aryl methyl sites for hydroxylation is 2. The van der Waals surface area contributed by atoms with Crippen molar-refractivity contribution in [2.24, 2.45) is 0 Å². The molecule has 1 aliphatic heterocycles. The monoisotopic (exact) mass is 591 g/mol. The predicted octanol–water partition coefficient (Wildman–Crippen LogP) is 4.61. The van der Waals surface area contributed by atoms with Crippen LogP contribution in [0, 0.1) is 6.92 Å². The fourth-order valence-electron chi connectivity index (χ4n) is 5.74. The number of aliphatic hydroxyl groups excluding tert-OH is 1. The minimum absolute atomic E-state index is 0.0519. The van der Waals surface area contributed by atoms with Crippen LogP contribution >= 0.6 is 0 Å². The van der Waals surface area contributed by atoms with Gasteiger partial charge in [-0.15, -0.1) is 0 Å². The van der Waals surface area contributed by atoms with E-state index in [9.17, 15) is 19.8 Å². The molecular formula is C33H41N3O7. The van der Waals surface area contributed by atoms with E-state index in [1.807, 2.05) is 19.1 Å². The van der Waals surface area contributed by atoms with Crippen LogP contribution in [-0.2, 0) is 27.2 Å². The number of benzene rings is 2. The van der Waals surface area contributed by atoms with Crippen molar-refractivity contribution in [3.05, 3.63) is 65.0 Å². The first-order valence-corrected chi connectivity index (χ1v) is 15.2. The van der Waals surface area contributed by atoms with E-state index in [4.69, 9.17) is 18.9 Å². The van der Waals surface area contributed by atoms with E-state index in [1.54, 1.807) is 18.2 Å². The topological polar surface area (TPSA) is 134 Å². The summed E-state index contributed by atoms with van der Waals surface area (Å²) in [5.41, 5.74) is 3.81. The van der Waals surface area contributed by atoms with Gasteiger partial charge < -0.3 is 34.3 Å². The van der Waals surface area contributed by atoms with Crippen molar-refractivity contribution in [2.45, 2.75) is 70.4 Å². The van der Waals surface area contributed by atoms with Crippen molar-refractivity contribution in [3.63, 3.8) is 0 Å². The maximum absolute atomic E-state index is 12.9. The second-order valence-corrected chi connectivity index (χ2v) is 11.3. The second-order valence-electron chi connectivity index (χ2n) is 11.3. The summed E-state index contributed by atoms with van der Waals surface area (Å²) in [6.07, 6.45) is 4.26. The number of nitrogens with zero attached hydrogens (tertiary/aromatic N) is 2. The van der Waals surface area contributed by atoms with Crippen LogP contribution in [0.1, 0.15) is 67.2 Å². The van der Waals surface area contributed by atoms with Gasteiger partial charge >= 0.3 is 5.97 Å². The molecule has 3 aromatic rings. The smallest absolute Gasteiger partial charge is 0.303 e. The number of anilines is 1. The van der Waals surface area contributed by atoms with Crippen LogP contribution in [0.2, 0.25) is 0 Å². The summed E-state index contributed by atoms with van der Waals surface area (Å²) in [6.45, 7) is 5.41. The molecule has 0 bridgehead atoms. The quantitative estimate of drug-likeness (QED) is 0.276. The van der Waals surface area contributed by atoms with Gasteiger partial charge in [-0.05, 0) is 73.7 Å². The van der Waals surface area contributed by atoms with Crippen LogP contribution in [0.4, 0.5) is 5.69 Å². The largest absolute Gasteiger partial charge is 0.493 e. The molecule has 1 saturated carbocycles. The normalized spacial score (nSPS) is 16.6. The number of aliphatic hydroxyl groups is 1. The third-order valence-electron chi connectivity index (χ3n) is 8.21.